The Balaban J connectivity index is 1.15. The van der Waals surface area contributed by atoms with Crippen molar-refractivity contribution in [3.8, 4) is 0 Å². The molecular formula is C69H90O7Si2. The third-order valence-electron chi connectivity index (χ3n) is 17.7. The van der Waals surface area contributed by atoms with Crippen LogP contribution in [0.3, 0.4) is 0 Å². The van der Waals surface area contributed by atoms with Gasteiger partial charge in [0.05, 0.1) is 36.6 Å². The van der Waals surface area contributed by atoms with Crippen LogP contribution in [-0.4, -0.2) is 88.9 Å². The number of allylic oxidation sites excluding steroid dienone is 1. The van der Waals surface area contributed by atoms with Crippen LogP contribution in [0.4, 0.5) is 0 Å². The predicted octanol–water partition coefficient (Wildman–Crippen LogP) is 12.9. The second-order valence-electron chi connectivity index (χ2n) is 25.4. The van der Waals surface area contributed by atoms with E-state index >= 15 is 0 Å². The van der Waals surface area contributed by atoms with Gasteiger partial charge in [0.2, 0.25) is 0 Å². The highest BCUT2D eigenvalue weighted by atomic mass is 28.4. The Kier molecular flexibility index (Phi) is 18.7. The van der Waals surface area contributed by atoms with E-state index in [1.54, 1.807) is 0 Å². The molecule has 4 aliphatic rings. The fourth-order valence-corrected chi connectivity index (χ4v) is 23.3. The summed E-state index contributed by atoms with van der Waals surface area (Å²) in [7, 11) is -6.47. The van der Waals surface area contributed by atoms with Crippen molar-refractivity contribution < 1.29 is 32.9 Å². The summed E-state index contributed by atoms with van der Waals surface area (Å²) < 4.78 is 46.4. The van der Waals surface area contributed by atoms with E-state index in [0.29, 0.717) is 18.8 Å². The minimum atomic E-state index is -3.26. The van der Waals surface area contributed by atoms with Gasteiger partial charge in [-0.1, -0.05) is 227 Å². The van der Waals surface area contributed by atoms with E-state index in [4.69, 9.17) is 27.8 Å². The molecule has 9 heteroatoms. The van der Waals surface area contributed by atoms with Crippen LogP contribution in [0.1, 0.15) is 138 Å². The zero-order valence-corrected chi connectivity index (χ0v) is 50.3. The lowest BCUT2D eigenvalue weighted by Crippen LogP contribution is -2.73. The molecule has 0 saturated carbocycles. The smallest absolute Gasteiger partial charge is 0.261 e. The van der Waals surface area contributed by atoms with E-state index in [2.05, 4.69) is 233 Å². The summed E-state index contributed by atoms with van der Waals surface area (Å²) in [6.45, 7) is 29.1. The van der Waals surface area contributed by atoms with Gasteiger partial charge in [0, 0.05) is 12.3 Å². The molecule has 1 N–H and O–H groups in total. The van der Waals surface area contributed by atoms with Crippen molar-refractivity contribution in [1.29, 1.82) is 0 Å². The Morgan fingerprint density at radius 3 is 1.60 bits per heavy atom. The number of fused-ring (bicyclic) bond motifs is 2. The van der Waals surface area contributed by atoms with Gasteiger partial charge in [-0.15, -0.1) is 5.73 Å². The lowest BCUT2D eigenvalue weighted by molar-refractivity contribution is -0.255. The molecule has 4 aliphatic heterocycles. The van der Waals surface area contributed by atoms with Crippen molar-refractivity contribution in [1.82, 2.24) is 0 Å². The summed E-state index contributed by atoms with van der Waals surface area (Å²) in [5.74, 6) is 0.237. The van der Waals surface area contributed by atoms with Crippen LogP contribution in [0.15, 0.2) is 182 Å². The zero-order chi connectivity index (χ0) is 55.2. The molecule has 416 valence electrons. The molecule has 5 aromatic rings. The van der Waals surface area contributed by atoms with E-state index in [-0.39, 0.29) is 40.4 Å². The van der Waals surface area contributed by atoms with E-state index in [1.807, 2.05) is 0 Å². The van der Waals surface area contributed by atoms with Crippen LogP contribution in [-0.2, 0) is 27.8 Å². The largest absolute Gasteiger partial charge is 0.399 e. The molecule has 13 atom stereocenters. The molecule has 0 amide bonds. The minimum Gasteiger partial charge on any atom is -0.399 e. The van der Waals surface area contributed by atoms with Gasteiger partial charge >= 0.3 is 0 Å². The first-order valence-corrected chi connectivity index (χ1v) is 33.2. The second-order valence-corrected chi connectivity index (χ2v) is 33.9. The van der Waals surface area contributed by atoms with Crippen molar-refractivity contribution in [2.24, 2.45) is 5.92 Å². The van der Waals surface area contributed by atoms with Crippen molar-refractivity contribution in [3.63, 3.8) is 0 Å². The molecule has 0 radical (unpaired) electrons. The fourth-order valence-electron chi connectivity index (χ4n) is 13.9. The molecule has 0 spiro atoms. The summed E-state index contributed by atoms with van der Waals surface area (Å²) in [6.07, 6.45) is 4.06. The number of hydrogen-bond donors (Lipinski definition) is 1. The first kappa shape index (κ1) is 58.2. The molecule has 4 unspecified atom stereocenters. The predicted molar refractivity (Wildman–Crippen MR) is 323 cm³/mol. The SMILES string of the molecule is C=C=C(C)C[C@@H](C)CC[C@@H]1OC(CC(c2ccccc2)C(O)CC2O[C@H]3[C@@H](O[Si](c4ccccc4)(c4ccccc4)C(C)(C)C)[C@H]4O[C@@H](CCC)CC[C@@H]4O[C@H]3[C@H]2O[Si](c2ccccc2)(c2ccccc2)C(C)(C)C)CC1=C. The van der Waals surface area contributed by atoms with Gasteiger partial charge in [0.15, 0.2) is 0 Å². The summed E-state index contributed by atoms with van der Waals surface area (Å²) in [4.78, 5) is 0. The minimum absolute atomic E-state index is 0.0168. The fraction of sp³-hybridized carbons (Fsp3) is 0.493. The van der Waals surface area contributed by atoms with Crippen molar-refractivity contribution in [3.05, 3.63) is 187 Å². The lowest BCUT2D eigenvalue weighted by Gasteiger charge is -2.53. The second kappa shape index (κ2) is 25.1. The highest BCUT2D eigenvalue weighted by Crippen LogP contribution is 2.49. The van der Waals surface area contributed by atoms with Gasteiger partial charge in [0.25, 0.3) is 16.6 Å². The molecule has 9 rings (SSSR count). The van der Waals surface area contributed by atoms with Gasteiger partial charge in [0.1, 0.15) is 30.5 Å². The quantitative estimate of drug-likeness (QED) is 0.0446. The van der Waals surface area contributed by atoms with Crippen molar-refractivity contribution in [2.75, 3.05) is 0 Å². The first-order valence-electron chi connectivity index (χ1n) is 29.4. The van der Waals surface area contributed by atoms with Crippen molar-refractivity contribution >= 4 is 37.4 Å². The van der Waals surface area contributed by atoms with Crippen LogP contribution in [0.2, 0.25) is 10.1 Å². The molecule has 7 nitrogen and oxygen atoms in total. The Bertz CT molecular complexity index is 2660. The monoisotopic (exact) mass is 1090 g/mol. The molecule has 4 fully saturated rings. The zero-order valence-electron chi connectivity index (χ0n) is 48.3. The molecule has 0 bridgehead atoms. The number of aliphatic hydroxyl groups is 1. The van der Waals surface area contributed by atoms with Crippen molar-refractivity contribution in [2.45, 2.75) is 210 Å². The standard InChI is InChI=1S/C69H90O7Si2/c1-12-29-52-41-43-61-63(72-52)67(76-78(69(9,10)11,56-36-25-17-26-37-56)57-38-27-18-28-39-57)66-65(73-61)64(75-77(68(6,7)8,54-32-21-15-22-33-54)55-34-23-16-24-35-55)62(74-66)47-59(70)58(51-30-19-14-20-31-51)46-53-45-50(5)60(71-53)42-40-49(4)44-48(3)13-2/h14-28,30-39,49,52-53,58-67,70H,2,5,12,29,40-47H2,1,3-4,6-11H3/t49-,52-,53?,58?,59?,60-,61-,62?,63-,64-,65-,66+,67-/m0/s1. The van der Waals surface area contributed by atoms with Gasteiger partial charge < -0.3 is 32.9 Å². The Labute approximate surface area is 470 Å². The maximum atomic E-state index is 13.3. The normalized spacial score (nSPS) is 26.8. The number of rotatable bonds is 21. The van der Waals surface area contributed by atoms with Gasteiger partial charge in [-0.25, -0.2) is 0 Å². The van der Waals surface area contributed by atoms with E-state index < -0.39 is 59.4 Å². The Morgan fingerprint density at radius 1 is 0.628 bits per heavy atom. The van der Waals surface area contributed by atoms with Crippen LogP contribution < -0.4 is 20.7 Å². The number of hydrogen-bond acceptors (Lipinski definition) is 7. The first-order chi connectivity index (χ1) is 37.5. The molecular weight excluding hydrogens is 997 g/mol. The molecule has 78 heavy (non-hydrogen) atoms. The lowest BCUT2D eigenvalue weighted by atomic mass is 9.84. The third-order valence-corrected chi connectivity index (χ3v) is 27.8. The number of ether oxygens (including phenoxy) is 4. The van der Waals surface area contributed by atoms with Gasteiger partial charge in [-0.3, -0.25) is 0 Å². The highest BCUT2D eigenvalue weighted by Gasteiger charge is 2.64. The number of benzene rings is 5. The summed E-state index contributed by atoms with van der Waals surface area (Å²) in [5, 5.41) is 17.4. The maximum absolute atomic E-state index is 13.3. The Morgan fingerprint density at radius 2 is 1.12 bits per heavy atom. The van der Waals surface area contributed by atoms with E-state index in [1.165, 1.54) is 26.3 Å². The topological polar surface area (TPSA) is 75.6 Å². The Hall–Kier alpha value is -4.49. The molecule has 4 saturated heterocycles. The van der Waals surface area contributed by atoms with Crippen LogP contribution in [0.5, 0.6) is 0 Å². The summed E-state index contributed by atoms with van der Waals surface area (Å²) in [6, 6.07) is 54.2. The average Bonchev–Trinajstić information content (AvgIpc) is 3.99. The highest BCUT2D eigenvalue weighted by molar-refractivity contribution is 7.00. The molecule has 0 aliphatic carbocycles. The number of aliphatic hydroxyl groups excluding tert-OH is 1. The summed E-state index contributed by atoms with van der Waals surface area (Å²) >= 11 is 0. The van der Waals surface area contributed by atoms with Gasteiger partial charge in [-0.05, 0) is 112 Å². The van der Waals surface area contributed by atoms with Crippen LogP contribution in [0, 0.1) is 5.92 Å². The van der Waals surface area contributed by atoms with Crippen LogP contribution >= 0.6 is 0 Å². The molecule has 5 aromatic carbocycles. The summed E-state index contributed by atoms with van der Waals surface area (Å²) in [5.41, 5.74) is 6.48. The van der Waals surface area contributed by atoms with Crippen LogP contribution in [0.25, 0.3) is 0 Å². The average molecular weight is 1090 g/mol. The maximum Gasteiger partial charge on any atom is 0.261 e. The molecule has 4 heterocycles. The third kappa shape index (κ3) is 12.2. The van der Waals surface area contributed by atoms with Gasteiger partial charge in [-0.2, -0.15) is 0 Å². The van der Waals surface area contributed by atoms with E-state index in [0.717, 1.165) is 62.5 Å². The van der Waals surface area contributed by atoms with E-state index in [9.17, 15) is 5.11 Å². The molecule has 0 aromatic heterocycles.